The summed E-state index contributed by atoms with van der Waals surface area (Å²) in [5.41, 5.74) is 11.7. The highest BCUT2D eigenvalue weighted by molar-refractivity contribution is 4.64. The number of ether oxygens (including phenoxy) is 2. The van der Waals surface area contributed by atoms with Crippen molar-refractivity contribution in [2.75, 3.05) is 26.4 Å². The van der Waals surface area contributed by atoms with Crippen LogP contribution in [0.3, 0.4) is 0 Å². The van der Waals surface area contributed by atoms with Crippen LogP contribution in [0.15, 0.2) is 0 Å². The topological polar surface area (TPSA) is 70.5 Å². The van der Waals surface area contributed by atoms with Gasteiger partial charge in [0.25, 0.3) is 0 Å². The SMILES string of the molecule is NC1CCCCC(N)COCCOC1. The molecule has 0 spiro atoms. The molecule has 84 valence electrons. The smallest absolute Gasteiger partial charge is 0.0701 e. The van der Waals surface area contributed by atoms with Crippen LogP contribution < -0.4 is 11.5 Å². The van der Waals surface area contributed by atoms with Crippen molar-refractivity contribution in [2.45, 2.75) is 37.8 Å². The fourth-order valence-corrected chi connectivity index (χ4v) is 1.57. The fraction of sp³-hybridized carbons (Fsp3) is 1.00. The highest BCUT2D eigenvalue weighted by Gasteiger charge is 2.07. The number of hydrogen-bond acceptors (Lipinski definition) is 4. The van der Waals surface area contributed by atoms with Gasteiger partial charge in [-0.2, -0.15) is 0 Å². The fourth-order valence-electron chi connectivity index (χ4n) is 1.57. The molecule has 0 amide bonds. The Morgan fingerprint density at radius 2 is 1.21 bits per heavy atom. The normalized spacial score (nSPS) is 33.0. The minimum absolute atomic E-state index is 0.172. The van der Waals surface area contributed by atoms with Gasteiger partial charge in [-0.15, -0.1) is 0 Å². The first kappa shape index (κ1) is 11.9. The molecule has 1 rings (SSSR count). The summed E-state index contributed by atoms with van der Waals surface area (Å²) in [5, 5.41) is 0. The second-order valence-corrected chi connectivity index (χ2v) is 3.95. The third kappa shape index (κ3) is 5.54. The first-order valence-corrected chi connectivity index (χ1v) is 5.45. The summed E-state index contributed by atoms with van der Waals surface area (Å²) in [5.74, 6) is 0. The monoisotopic (exact) mass is 202 g/mol. The van der Waals surface area contributed by atoms with Crippen LogP contribution in [0.25, 0.3) is 0 Å². The molecule has 4 heteroatoms. The highest BCUT2D eigenvalue weighted by Crippen LogP contribution is 2.06. The Hall–Kier alpha value is -0.160. The van der Waals surface area contributed by atoms with Gasteiger partial charge < -0.3 is 20.9 Å². The van der Waals surface area contributed by atoms with E-state index in [1.165, 1.54) is 0 Å². The molecule has 0 radical (unpaired) electrons. The van der Waals surface area contributed by atoms with Crippen LogP contribution in [0, 0.1) is 0 Å². The number of rotatable bonds is 0. The molecule has 0 aromatic carbocycles. The second-order valence-electron chi connectivity index (χ2n) is 3.95. The summed E-state index contributed by atoms with van der Waals surface area (Å²) in [6.45, 7) is 2.55. The van der Waals surface area contributed by atoms with Gasteiger partial charge in [0.1, 0.15) is 0 Å². The predicted octanol–water partition coefficient (Wildman–Crippen LogP) is 0.248. The average Bonchev–Trinajstić information content (AvgIpc) is 2.16. The van der Waals surface area contributed by atoms with Crippen LogP contribution in [0.2, 0.25) is 0 Å². The molecule has 1 fully saturated rings. The molecular formula is C10H22N2O2. The van der Waals surface area contributed by atoms with Gasteiger partial charge in [-0.3, -0.25) is 0 Å². The van der Waals surface area contributed by atoms with Gasteiger partial charge in [0.15, 0.2) is 0 Å². The van der Waals surface area contributed by atoms with Crippen LogP contribution in [-0.4, -0.2) is 38.5 Å². The van der Waals surface area contributed by atoms with E-state index < -0.39 is 0 Å². The van der Waals surface area contributed by atoms with Crippen molar-refractivity contribution in [1.82, 2.24) is 0 Å². The third-order valence-corrected chi connectivity index (χ3v) is 2.44. The second kappa shape index (κ2) is 7.17. The van der Waals surface area contributed by atoms with Gasteiger partial charge >= 0.3 is 0 Å². The molecule has 0 bridgehead atoms. The molecule has 2 atom stereocenters. The zero-order valence-electron chi connectivity index (χ0n) is 8.78. The Bertz CT molecular complexity index is 128. The molecule has 1 saturated heterocycles. The Kier molecular flexibility index (Phi) is 6.10. The van der Waals surface area contributed by atoms with Crippen LogP contribution in [0.1, 0.15) is 25.7 Å². The summed E-state index contributed by atoms with van der Waals surface area (Å²) in [6.07, 6.45) is 4.34. The van der Waals surface area contributed by atoms with Crippen LogP contribution in [-0.2, 0) is 9.47 Å². The van der Waals surface area contributed by atoms with Gasteiger partial charge in [0.05, 0.1) is 26.4 Å². The van der Waals surface area contributed by atoms with Crippen molar-refractivity contribution in [2.24, 2.45) is 11.5 Å². The van der Waals surface area contributed by atoms with E-state index in [1.54, 1.807) is 0 Å². The van der Waals surface area contributed by atoms with E-state index in [-0.39, 0.29) is 12.1 Å². The lowest BCUT2D eigenvalue weighted by atomic mass is 10.1. The first-order valence-electron chi connectivity index (χ1n) is 5.45. The van der Waals surface area contributed by atoms with Gasteiger partial charge in [-0.25, -0.2) is 0 Å². The third-order valence-electron chi connectivity index (χ3n) is 2.44. The number of hydrogen-bond donors (Lipinski definition) is 2. The molecule has 0 aliphatic carbocycles. The molecule has 14 heavy (non-hydrogen) atoms. The molecule has 0 aromatic rings. The molecule has 0 aromatic heterocycles. The maximum absolute atomic E-state index is 5.85. The van der Waals surface area contributed by atoms with E-state index in [0.29, 0.717) is 26.4 Å². The van der Waals surface area contributed by atoms with Crippen LogP contribution >= 0.6 is 0 Å². The molecular weight excluding hydrogens is 180 g/mol. The summed E-state index contributed by atoms with van der Waals surface area (Å²) in [6, 6.07) is 0.344. The Balaban J connectivity index is 2.20. The molecule has 0 saturated carbocycles. The molecule has 4 N–H and O–H groups in total. The van der Waals surface area contributed by atoms with E-state index in [4.69, 9.17) is 20.9 Å². The van der Waals surface area contributed by atoms with Crippen molar-refractivity contribution >= 4 is 0 Å². The molecule has 1 aliphatic heterocycles. The summed E-state index contributed by atoms with van der Waals surface area (Å²) in [4.78, 5) is 0. The zero-order valence-corrected chi connectivity index (χ0v) is 8.78. The quantitative estimate of drug-likeness (QED) is 0.590. The standard InChI is InChI=1S/C10H22N2O2/c11-9-3-1-2-4-10(12)8-14-6-5-13-7-9/h9-10H,1-8,11-12H2. The van der Waals surface area contributed by atoms with E-state index in [0.717, 1.165) is 25.7 Å². The summed E-state index contributed by atoms with van der Waals surface area (Å²) < 4.78 is 10.7. The lowest BCUT2D eigenvalue weighted by Crippen LogP contribution is -2.30. The number of nitrogens with two attached hydrogens (primary N) is 2. The van der Waals surface area contributed by atoms with E-state index in [2.05, 4.69) is 0 Å². The Labute approximate surface area is 85.9 Å². The van der Waals surface area contributed by atoms with Gasteiger partial charge in [0, 0.05) is 12.1 Å². The molecule has 1 heterocycles. The van der Waals surface area contributed by atoms with Crippen LogP contribution in [0.4, 0.5) is 0 Å². The van der Waals surface area contributed by atoms with E-state index in [9.17, 15) is 0 Å². The lowest BCUT2D eigenvalue weighted by Gasteiger charge is -2.16. The molecule has 4 nitrogen and oxygen atoms in total. The first-order chi connectivity index (χ1) is 6.79. The van der Waals surface area contributed by atoms with Gasteiger partial charge in [-0.05, 0) is 12.8 Å². The van der Waals surface area contributed by atoms with Crippen molar-refractivity contribution in [3.63, 3.8) is 0 Å². The Morgan fingerprint density at radius 3 is 1.64 bits per heavy atom. The summed E-state index contributed by atoms with van der Waals surface area (Å²) in [7, 11) is 0. The van der Waals surface area contributed by atoms with Crippen LogP contribution in [0.5, 0.6) is 0 Å². The summed E-state index contributed by atoms with van der Waals surface area (Å²) >= 11 is 0. The van der Waals surface area contributed by atoms with Crippen molar-refractivity contribution in [3.05, 3.63) is 0 Å². The average molecular weight is 202 g/mol. The zero-order chi connectivity index (χ0) is 10.2. The van der Waals surface area contributed by atoms with Crippen molar-refractivity contribution in [1.29, 1.82) is 0 Å². The van der Waals surface area contributed by atoms with Gasteiger partial charge in [0.2, 0.25) is 0 Å². The minimum Gasteiger partial charge on any atom is -0.377 e. The highest BCUT2D eigenvalue weighted by atomic mass is 16.5. The van der Waals surface area contributed by atoms with Gasteiger partial charge in [-0.1, -0.05) is 12.8 Å². The molecule has 1 aliphatic rings. The predicted molar refractivity (Wildman–Crippen MR) is 56.1 cm³/mol. The molecule has 2 unspecified atom stereocenters. The lowest BCUT2D eigenvalue weighted by molar-refractivity contribution is 0.0342. The largest absolute Gasteiger partial charge is 0.377 e. The Morgan fingerprint density at radius 1 is 0.786 bits per heavy atom. The minimum atomic E-state index is 0.172. The van der Waals surface area contributed by atoms with E-state index in [1.807, 2.05) is 0 Å². The van der Waals surface area contributed by atoms with E-state index >= 15 is 0 Å². The maximum atomic E-state index is 5.85. The van der Waals surface area contributed by atoms with Crippen molar-refractivity contribution < 1.29 is 9.47 Å². The maximum Gasteiger partial charge on any atom is 0.0701 e. The van der Waals surface area contributed by atoms with Crippen molar-refractivity contribution in [3.8, 4) is 0 Å².